The van der Waals surface area contributed by atoms with E-state index in [9.17, 15) is 5.26 Å². The first kappa shape index (κ1) is 13.7. The van der Waals surface area contributed by atoms with Crippen molar-refractivity contribution >= 4 is 11.0 Å². The van der Waals surface area contributed by atoms with Crippen molar-refractivity contribution in [1.82, 2.24) is 0 Å². The molecule has 0 radical (unpaired) electrons. The lowest BCUT2D eigenvalue weighted by atomic mass is 9.81. The third kappa shape index (κ3) is 2.38. The molecule has 0 spiro atoms. The Morgan fingerprint density at radius 3 is 2.58 bits per heavy atom. The molecule has 0 saturated carbocycles. The first-order chi connectivity index (χ1) is 9.03. The highest BCUT2D eigenvalue weighted by molar-refractivity contribution is 5.84. The molecule has 2 heteroatoms. The smallest absolute Gasteiger partial charge is 0.207 e. The minimum absolute atomic E-state index is 0.155. The average molecular weight is 255 g/mol. The second kappa shape index (κ2) is 5.09. The van der Waals surface area contributed by atoms with E-state index in [1.54, 1.807) is 0 Å². The Morgan fingerprint density at radius 2 is 2.00 bits per heavy atom. The minimum Gasteiger partial charge on any atom is -0.445 e. The van der Waals surface area contributed by atoms with Crippen LogP contribution in [-0.2, 0) is 11.8 Å². The Kier molecular flexibility index (Phi) is 3.66. The first-order valence-corrected chi connectivity index (χ1v) is 6.99. The van der Waals surface area contributed by atoms with Crippen LogP contribution in [-0.4, -0.2) is 0 Å². The van der Waals surface area contributed by atoms with Crippen LogP contribution in [0.5, 0.6) is 0 Å². The highest BCUT2D eigenvalue weighted by Crippen LogP contribution is 2.33. The molecule has 0 atom stereocenters. The highest BCUT2D eigenvalue weighted by Gasteiger charge is 2.20. The molecule has 2 aromatic rings. The van der Waals surface area contributed by atoms with E-state index < -0.39 is 0 Å². The van der Waals surface area contributed by atoms with Crippen LogP contribution >= 0.6 is 0 Å². The fraction of sp³-hybridized carbons (Fsp3) is 0.471. The number of nitrogens with zero attached hydrogens (tertiary/aromatic N) is 1. The topological polar surface area (TPSA) is 36.9 Å². The summed E-state index contributed by atoms with van der Waals surface area (Å²) in [5, 5.41) is 10.3. The molecule has 0 amide bonds. The lowest BCUT2D eigenvalue weighted by molar-refractivity contribution is 0.506. The summed E-state index contributed by atoms with van der Waals surface area (Å²) in [6.45, 7) is 8.82. The predicted molar refractivity (Wildman–Crippen MR) is 78.2 cm³/mol. The monoisotopic (exact) mass is 255 g/mol. The molecule has 0 saturated heterocycles. The van der Waals surface area contributed by atoms with Gasteiger partial charge in [-0.15, -0.1) is 0 Å². The van der Waals surface area contributed by atoms with Crippen molar-refractivity contribution < 1.29 is 4.42 Å². The van der Waals surface area contributed by atoms with Crippen LogP contribution in [0.15, 0.2) is 22.6 Å². The van der Waals surface area contributed by atoms with Crippen LogP contribution in [0.1, 0.15) is 57.4 Å². The van der Waals surface area contributed by atoms with E-state index in [0.717, 1.165) is 35.8 Å². The quantitative estimate of drug-likeness (QED) is 0.775. The van der Waals surface area contributed by atoms with Crippen LogP contribution in [0.4, 0.5) is 0 Å². The van der Waals surface area contributed by atoms with Gasteiger partial charge in [-0.2, -0.15) is 5.26 Å². The van der Waals surface area contributed by atoms with Gasteiger partial charge in [0, 0.05) is 10.9 Å². The van der Waals surface area contributed by atoms with Crippen LogP contribution in [0.3, 0.4) is 0 Å². The van der Waals surface area contributed by atoms with Gasteiger partial charge in [-0.25, -0.2) is 0 Å². The summed E-state index contributed by atoms with van der Waals surface area (Å²) in [4.78, 5) is 0. The summed E-state index contributed by atoms with van der Waals surface area (Å²) in [5.74, 6) is 0.475. The number of fused-ring (bicyclic) bond motifs is 1. The van der Waals surface area contributed by atoms with Crippen LogP contribution in [0.2, 0.25) is 0 Å². The average Bonchev–Trinajstić information content (AvgIpc) is 2.76. The van der Waals surface area contributed by atoms with E-state index in [1.807, 2.05) is 6.07 Å². The summed E-state index contributed by atoms with van der Waals surface area (Å²) in [5.41, 5.74) is 3.36. The van der Waals surface area contributed by atoms with E-state index in [4.69, 9.17) is 4.42 Å². The molecular formula is C17H21NO. The van der Waals surface area contributed by atoms with Crippen molar-refractivity contribution in [3.63, 3.8) is 0 Å². The van der Waals surface area contributed by atoms with Crippen molar-refractivity contribution in [2.45, 2.75) is 52.4 Å². The highest BCUT2D eigenvalue weighted by atomic mass is 16.3. The number of rotatable bonds is 4. The molecule has 2 rings (SSSR count). The van der Waals surface area contributed by atoms with Gasteiger partial charge in [0.05, 0.1) is 0 Å². The zero-order valence-corrected chi connectivity index (χ0v) is 12.2. The van der Waals surface area contributed by atoms with Gasteiger partial charge in [0.25, 0.3) is 0 Å². The lowest BCUT2D eigenvalue weighted by Gasteiger charge is -2.23. The van der Waals surface area contributed by atoms with Crippen molar-refractivity contribution in [3.05, 3.63) is 35.1 Å². The largest absolute Gasteiger partial charge is 0.445 e. The molecule has 1 heterocycles. The maximum Gasteiger partial charge on any atom is 0.207 e. The number of hydrogen-bond donors (Lipinski definition) is 0. The number of nitriles is 1. The van der Waals surface area contributed by atoms with Crippen molar-refractivity contribution in [3.8, 4) is 6.07 Å². The van der Waals surface area contributed by atoms with Crippen LogP contribution in [0.25, 0.3) is 11.0 Å². The Bertz CT molecular complexity index is 628. The number of hydrogen-bond acceptors (Lipinski definition) is 2. The van der Waals surface area contributed by atoms with Crippen LogP contribution < -0.4 is 0 Å². The van der Waals surface area contributed by atoms with E-state index in [-0.39, 0.29) is 5.41 Å². The van der Waals surface area contributed by atoms with E-state index >= 15 is 0 Å². The fourth-order valence-corrected chi connectivity index (χ4v) is 2.36. The molecule has 19 heavy (non-hydrogen) atoms. The standard InChI is InChI=1S/C17H21NO/c1-5-7-13-14-10-12(17(3,4)6-2)8-9-15(14)19-16(13)11-18/h8-10H,5-7H2,1-4H3. The fourth-order valence-electron chi connectivity index (χ4n) is 2.36. The molecule has 0 fully saturated rings. The van der Waals surface area contributed by atoms with Crippen molar-refractivity contribution in [2.24, 2.45) is 0 Å². The summed E-state index contributed by atoms with van der Waals surface area (Å²) in [6, 6.07) is 8.50. The SMILES string of the molecule is CCCc1c(C#N)oc2ccc(C(C)(C)CC)cc12. The number of benzene rings is 1. The molecule has 0 aliphatic heterocycles. The zero-order valence-electron chi connectivity index (χ0n) is 12.2. The maximum absolute atomic E-state index is 9.18. The minimum atomic E-state index is 0.155. The molecule has 0 bridgehead atoms. The Labute approximate surface area is 115 Å². The summed E-state index contributed by atoms with van der Waals surface area (Å²) in [7, 11) is 0. The molecule has 2 nitrogen and oxygen atoms in total. The molecule has 100 valence electrons. The first-order valence-electron chi connectivity index (χ1n) is 6.99. The molecule has 0 aliphatic rings. The van der Waals surface area contributed by atoms with Gasteiger partial charge < -0.3 is 4.42 Å². The summed E-state index contributed by atoms with van der Waals surface area (Å²) >= 11 is 0. The van der Waals surface area contributed by atoms with Crippen LogP contribution in [0, 0.1) is 11.3 Å². The summed E-state index contributed by atoms with van der Waals surface area (Å²) in [6.07, 6.45) is 3.00. The molecule has 0 aliphatic carbocycles. The van der Waals surface area contributed by atoms with Gasteiger partial charge in [-0.3, -0.25) is 0 Å². The Balaban J connectivity index is 2.64. The van der Waals surface area contributed by atoms with Gasteiger partial charge in [0.1, 0.15) is 11.7 Å². The molecule has 1 aromatic heterocycles. The van der Waals surface area contributed by atoms with E-state index in [0.29, 0.717) is 5.76 Å². The predicted octanol–water partition coefficient (Wildman–Crippen LogP) is 4.94. The molecular weight excluding hydrogens is 234 g/mol. The van der Waals surface area contributed by atoms with E-state index in [1.165, 1.54) is 5.56 Å². The van der Waals surface area contributed by atoms with Gasteiger partial charge in [0.15, 0.2) is 0 Å². The second-order valence-corrected chi connectivity index (χ2v) is 5.72. The lowest BCUT2D eigenvalue weighted by Crippen LogP contribution is -2.15. The number of furan rings is 1. The number of aryl methyl sites for hydroxylation is 1. The third-order valence-electron chi connectivity index (χ3n) is 4.06. The van der Waals surface area contributed by atoms with Gasteiger partial charge in [-0.1, -0.05) is 40.2 Å². The molecule has 0 N–H and O–H groups in total. The van der Waals surface area contributed by atoms with Crippen molar-refractivity contribution in [2.75, 3.05) is 0 Å². The summed E-state index contributed by atoms with van der Waals surface area (Å²) < 4.78 is 5.64. The van der Waals surface area contributed by atoms with Gasteiger partial charge >= 0.3 is 0 Å². The maximum atomic E-state index is 9.18. The Hall–Kier alpha value is -1.75. The second-order valence-electron chi connectivity index (χ2n) is 5.72. The zero-order chi connectivity index (χ0) is 14.0. The van der Waals surface area contributed by atoms with Gasteiger partial charge in [0.2, 0.25) is 5.76 Å². The molecule has 0 unspecified atom stereocenters. The van der Waals surface area contributed by atoms with Crippen molar-refractivity contribution in [1.29, 1.82) is 5.26 Å². The Morgan fingerprint density at radius 1 is 1.26 bits per heavy atom. The molecule has 1 aromatic carbocycles. The normalized spacial score (nSPS) is 11.7. The van der Waals surface area contributed by atoms with Gasteiger partial charge in [-0.05, 0) is 36.0 Å². The van der Waals surface area contributed by atoms with E-state index in [2.05, 4.69) is 45.9 Å². The third-order valence-corrected chi connectivity index (χ3v) is 4.06.